The SMILES string of the molecule is COc1cc2c(cc1O)CCN[C@]21CS[C@@H]2c3c(OC(C)=O)c(C)c4c(c3[C@H](COC1=O)N1[C@@H]2[C@H]2c3c(cc(C)c(OC)c3O)CC([C@@H]1C#N)N2C)OCO4. The molecule has 7 atom stereocenters. The van der Waals surface area contributed by atoms with Gasteiger partial charge in [0.2, 0.25) is 6.79 Å². The molecule has 14 nitrogen and oxygen atoms in total. The van der Waals surface area contributed by atoms with E-state index in [1.807, 2.05) is 27.0 Å². The van der Waals surface area contributed by atoms with Crippen LogP contribution in [0.15, 0.2) is 18.2 Å². The second kappa shape index (κ2) is 12.8. The molecule has 0 radical (unpaired) electrons. The van der Waals surface area contributed by atoms with Crippen LogP contribution in [0.3, 0.4) is 0 Å². The molecule has 3 aromatic rings. The predicted octanol–water partition coefficient (Wildman–Crippen LogP) is 3.99. The maximum absolute atomic E-state index is 14.7. The minimum Gasteiger partial charge on any atom is -0.504 e. The van der Waals surface area contributed by atoms with Gasteiger partial charge in [-0.1, -0.05) is 6.07 Å². The van der Waals surface area contributed by atoms with Crippen molar-refractivity contribution in [2.75, 3.05) is 47.0 Å². The van der Waals surface area contributed by atoms with Crippen LogP contribution in [0, 0.1) is 25.2 Å². The van der Waals surface area contributed by atoms with Crippen LogP contribution in [0.1, 0.15) is 68.8 Å². The molecule has 1 spiro atoms. The third-order valence-electron chi connectivity index (χ3n) is 12.4. The molecule has 15 heteroatoms. The number of aryl methyl sites for hydroxylation is 1. The van der Waals surface area contributed by atoms with Gasteiger partial charge in [-0.3, -0.25) is 19.9 Å². The Bertz CT molecular complexity index is 2220. The van der Waals surface area contributed by atoms with Crippen LogP contribution in [0.5, 0.6) is 40.2 Å². The molecular weight excluding hydrogens is 729 g/mol. The first-order valence-electron chi connectivity index (χ1n) is 18.3. The molecule has 3 N–H and O–H groups in total. The van der Waals surface area contributed by atoms with Gasteiger partial charge in [-0.15, -0.1) is 11.8 Å². The summed E-state index contributed by atoms with van der Waals surface area (Å²) in [5.41, 5.74) is 4.41. The maximum atomic E-state index is 14.7. The molecule has 0 aromatic heterocycles. The lowest BCUT2D eigenvalue weighted by Gasteiger charge is -2.62. The Balaban J connectivity index is 1.33. The minimum atomic E-state index is -1.36. The van der Waals surface area contributed by atoms with Crippen LogP contribution >= 0.6 is 11.8 Å². The number of methoxy groups -OCH3 is 2. The zero-order valence-corrected chi connectivity index (χ0v) is 32.2. The quantitative estimate of drug-likeness (QED) is 0.258. The Hall–Kier alpha value is -4.88. The fourth-order valence-electron chi connectivity index (χ4n) is 10.2. The van der Waals surface area contributed by atoms with E-state index >= 15 is 0 Å². The van der Waals surface area contributed by atoms with Gasteiger partial charge in [-0.25, -0.2) is 4.79 Å². The number of carbonyl (C=O) groups excluding carboxylic acids is 2. The minimum absolute atomic E-state index is 0.0239. The van der Waals surface area contributed by atoms with Crippen LogP contribution in [-0.4, -0.2) is 97.0 Å². The molecule has 0 saturated carbocycles. The van der Waals surface area contributed by atoms with Crippen molar-refractivity contribution < 1.29 is 48.2 Å². The number of nitrogens with one attached hydrogen (secondary N) is 1. The summed E-state index contributed by atoms with van der Waals surface area (Å²) >= 11 is 1.48. The molecule has 7 aliphatic rings. The maximum Gasteiger partial charge on any atom is 0.331 e. The number of rotatable bonds is 3. The van der Waals surface area contributed by atoms with Crippen molar-refractivity contribution >= 4 is 23.7 Å². The molecule has 288 valence electrons. The van der Waals surface area contributed by atoms with Gasteiger partial charge in [0, 0.05) is 53.6 Å². The summed E-state index contributed by atoms with van der Waals surface area (Å²) in [7, 11) is 4.99. The van der Waals surface area contributed by atoms with E-state index in [0.29, 0.717) is 70.2 Å². The van der Waals surface area contributed by atoms with Gasteiger partial charge in [-0.2, -0.15) is 5.26 Å². The third-order valence-corrected chi connectivity index (χ3v) is 13.9. The first kappa shape index (κ1) is 35.8. The number of hydrogen-bond acceptors (Lipinski definition) is 15. The smallest absolute Gasteiger partial charge is 0.331 e. The number of hydrogen-bond donors (Lipinski definition) is 3. The first-order valence-corrected chi connectivity index (χ1v) is 19.4. The molecule has 0 aliphatic carbocycles. The van der Waals surface area contributed by atoms with Crippen molar-refractivity contribution in [2.24, 2.45) is 0 Å². The molecule has 7 aliphatic heterocycles. The molecule has 2 fully saturated rings. The molecule has 1 unspecified atom stereocenters. The average molecular weight is 771 g/mol. The number of nitrogens with zero attached hydrogens (tertiary/aromatic N) is 3. The number of benzene rings is 3. The van der Waals surface area contributed by atoms with Crippen LogP contribution in [0.25, 0.3) is 0 Å². The lowest BCUT2D eigenvalue weighted by molar-refractivity contribution is -0.157. The molecule has 3 aromatic carbocycles. The largest absolute Gasteiger partial charge is 0.504 e. The average Bonchev–Trinajstić information content (AvgIpc) is 3.65. The topological polar surface area (TPSA) is 172 Å². The van der Waals surface area contributed by atoms with E-state index in [2.05, 4.69) is 21.2 Å². The monoisotopic (exact) mass is 770 g/mol. The number of phenols is 2. The van der Waals surface area contributed by atoms with Crippen LogP contribution in [-0.2, 0) is 32.7 Å². The molecule has 2 saturated heterocycles. The number of nitriles is 1. The highest BCUT2D eigenvalue weighted by Crippen LogP contribution is 2.64. The Morgan fingerprint density at radius 3 is 2.56 bits per heavy atom. The zero-order chi connectivity index (χ0) is 38.7. The van der Waals surface area contributed by atoms with E-state index < -0.39 is 46.9 Å². The predicted molar refractivity (Wildman–Crippen MR) is 198 cm³/mol. The highest BCUT2D eigenvalue weighted by atomic mass is 32.2. The van der Waals surface area contributed by atoms with Gasteiger partial charge in [0.1, 0.15) is 18.4 Å². The number of esters is 2. The summed E-state index contributed by atoms with van der Waals surface area (Å²) in [5.74, 6) is 0.973. The number of thioether (sulfide) groups is 1. The van der Waals surface area contributed by atoms with Crippen LogP contribution < -0.4 is 29.0 Å². The number of carbonyl (C=O) groups is 2. The lowest BCUT2D eigenvalue weighted by atomic mass is 9.71. The first-order chi connectivity index (χ1) is 26.4. The molecule has 55 heavy (non-hydrogen) atoms. The third kappa shape index (κ3) is 4.90. The van der Waals surface area contributed by atoms with E-state index in [1.165, 1.54) is 32.9 Å². The summed E-state index contributed by atoms with van der Waals surface area (Å²) in [6, 6.07) is 5.28. The highest BCUT2D eigenvalue weighted by Gasteiger charge is 2.62. The number of likely N-dealkylation sites (N-methyl/N-ethyl adjacent to an activating group) is 1. The van der Waals surface area contributed by atoms with Crippen molar-refractivity contribution in [3.05, 3.63) is 62.7 Å². The molecule has 10 rings (SSSR count). The summed E-state index contributed by atoms with van der Waals surface area (Å²) in [6.45, 7) is 5.28. The van der Waals surface area contributed by atoms with E-state index in [1.54, 1.807) is 12.1 Å². The molecular formula is C40H42N4O10S. The van der Waals surface area contributed by atoms with Crippen molar-refractivity contribution in [1.29, 1.82) is 5.26 Å². The second-order valence-corrected chi connectivity index (χ2v) is 16.2. The zero-order valence-electron chi connectivity index (χ0n) is 31.3. The van der Waals surface area contributed by atoms with E-state index in [-0.39, 0.29) is 42.4 Å². The Morgan fingerprint density at radius 2 is 1.84 bits per heavy atom. The second-order valence-electron chi connectivity index (χ2n) is 15.1. The number of fused-ring (bicyclic) bond motifs is 9. The number of aromatic hydroxyl groups is 2. The van der Waals surface area contributed by atoms with Crippen LogP contribution in [0.2, 0.25) is 0 Å². The van der Waals surface area contributed by atoms with Crippen molar-refractivity contribution in [3.63, 3.8) is 0 Å². The van der Waals surface area contributed by atoms with Crippen LogP contribution in [0.4, 0.5) is 0 Å². The van der Waals surface area contributed by atoms with E-state index in [4.69, 9.17) is 28.4 Å². The van der Waals surface area contributed by atoms with Gasteiger partial charge in [0.05, 0.1) is 37.6 Å². The Kier molecular flexibility index (Phi) is 8.36. The fourth-order valence-corrected chi connectivity index (χ4v) is 11.9. The summed E-state index contributed by atoms with van der Waals surface area (Å²) in [6.07, 6.45) is 1.05. The standard InChI is InChI=1S/C40H42N4O10S/c1-17-9-21-10-23-24(13-41)44-25-14-51-39(48)40(22-12-27(49-5)26(46)11-20(22)7-8-42-40)15-55-38(32(44)31(43(23)4)28(21)33(47)34(17)50-6)30-29(25)37-36(52-16-53-37)18(2)35(30)54-19(3)45/h9,11-12,23-25,31-32,38,42,46-47H,7-8,10,14-16H2,1-6H3/t23?,24-,25-,31+,32+,38+,40+/m0/s1. The lowest BCUT2D eigenvalue weighted by Crippen LogP contribution is -2.69. The summed E-state index contributed by atoms with van der Waals surface area (Å²) in [4.78, 5) is 32.0. The molecule has 4 bridgehead atoms. The normalized spacial score (nSPS) is 28.9. The van der Waals surface area contributed by atoms with Gasteiger partial charge in [0.25, 0.3) is 0 Å². The van der Waals surface area contributed by atoms with Crippen molar-refractivity contribution in [3.8, 4) is 46.3 Å². The number of phenolic OH excluding ortho intramolecular Hbond substituents is 2. The van der Waals surface area contributed by atoms with Gasteiger partial charge >= 0.3 is 11.9 Å². The van der Waals surface area contributed by atoms with E-state index in [9.17, 15) is 25.1 Å². The van der Waals surface area contributed by atoms with Gasteiger partial charge in [-0.05, 0) is 68.1 Å². The Labute approximate surface area is 322 Å². The fraction of sp³-hybridized carbons (Fsp3) is 0.475. The summed E-state index contributed by atoms with van der Waals surface area (Å²) < 4.78 is 36.1. The number of ether oxygens (including phenoxy) is 6. The van der Waals surface area contributed by atoms with Gasteiger partial charge in [0.15, 0.2) is 40.0 Å². The van der Waals surface area contributed by atoms with Gasteiger partial charge < -0.3 is 38.6 Å². The Morgan fingerprint density at radius 1 is 1.05 bits per heavy atom. The van der Waals surface area contributed by atoms with Crippen molar-refractivity contribution in [1.82, 2.24) is 15.1 Å². The summed E-state index contributed by atoms with van der Waals surface area (Å²) in [5, 5.41) is 36.9. The van der Waals surface area contributed by atoms with E-state index in [0.717, 1.165) is 16.7 Å². The number of piperazine rings is 1. The molecule has 7 heterocycles. The highest BCUT2D eigenvalue weighted by molar-refractivity contribution is 7.99. The molecule has 0 amide bonds. The van der Waals surface area contributed by atoms with Crippen molar-refractivity contribution in [2.45, 2.75) is 74.6 Å².